The summed E-state index contributed by atoms with van der Waals surface area (Å²) in [7, 11) is 0. The number of benzene rings is 1. The molecule has 2 aliphatic heterocycles. The Morgan fingerprint density at radius 2 is 2.16 bits per heavy atom. The predicted octanol–water partition coefficient (Wildman–Crippen LogP) is 2.89. The van der Waals surface area contributed by atoms with Crippen molar-refractivity contribution in [1.82, 2.24) is 14.1 Å². The summed E-state index contributed by atoms with van der Waals surface area (Å²) in [6.07, 6.45) is 6.49. The molecular formula is C19H19N3O3. The number of rotatable bonds is 1. The standard InChI is InChI=1S/C19H19N3O3/c1-10-5-6-11-8-13-16(20-14-4-2-3-7-21(13)14)15-17(11)22(10)9-12(18(15)23)19(24)25/h8-10H,2-7H2,1H3,(H,24,25). The van der Waals surface area contributed by atoms with E-state index >= 15 is 0 Å². The molecule has 128 valence electrons. The normalized spacial score (nSPS) is 19.3. The number of aromatic carboxylic acids is 1. The smallest absolute Gasteiger partial charge is 0.341 e. The average molecular weight is 337 g/mol. The lowest BCUT2D eigenvalue weighted by Gasteiger charge is -2.26. The molecule has 0 aliphatic carbocycles. The molecule has 5 rings (SSSR count). The summed E-state index contributed by atoms with van der Waals surface area (Å²) in [6.45, 7) is 2.99. The number of nitrogens with zero attached hydrogens (tertiary/aromatic N) is 3. The molecule has 1 atom stereocenters. The van der Waals surface area contributed by atoms with Gasteiger partial charge in [0, 0.05) is 25.2 Å². The molecule has 1 N–H and O–H groups in total. The largest absolute Gasteiger partial charge is 0.477 e. The minimum Gasteiger partial charge on any atom is -0.477 e. The number of aromatic nitrogens is 3. The first-order valence-electron chi connectivity index (χ1n) is 8.89. The lowest BCUT2D eigenvalue weighted by molar-refractivity contribution is 0.0694. The molecule has 4 heterocycles. The first kappa shape index (κ1) is 14.7. The Bertz CT molecular complexity index is 1120. The van der Waals surface area contributed by atoms with E-state index in [4.69, 9.17) is 4.98 Å². The maximum Gasteiger partial charge on any atom is 0.341 e. The van der Waals surface area contributed by atoms with Gasteiger partial charge < -0.3 is 14.2 Å². The molecule has 25 heavy (non-hydrogen) atoms. The molecule has 0 saturated carbocycles. The molecule has 6 nitrogen and oxygen atoms in total. The van der Waals surface area contributed by atoms with Crippen LogP contribution >= 0.6 is 0 Å². The summed E-state index contributed by atoms with van der Waals surface area (Å²) in [5.41, 5.74) is 3.09. The summed E-state index contributed by atoms with van der Waals surface area (Å²) < 4.78 is 4.18. The summed E-state index contributed by atoms with van der Waals surface area (Å²) in [5.74, 6) is -0.158. The van der Waals surface area contributed by atoms with Crippen LogP contribution in [0.25, 0.3) is 21.9 Å². The molecule has 0 saturated heterocycles. The van der Waals surface area contributed by atoms with Crippen molar-refractivity contribution in [2.45, 2.75) is 51.6 Å². The van der Waals surface area contributed by atoms with Gasteiger partial charge in [0.15, 0.2) is 0 Å². The van der Waals surface area contributed by atoms with E-state index in [1.807, 2.05) is 4.57 Å². The zero-order chi connectivity index (χ0) is 17.3. The van der Waals surface area contributed by atoms with E-state index in [1.54, 1.807) is 0 Å². The Labute approximate surface area is 143 Å². The van der Waals surface area contributed by atoms with Gasteiger partial charge in [-0.3, -0.25) is 4.79 Å². The van der Waals surface area contributed by atoms with Gasteiger partial charge in [-0.25, -0.2) is 9.78 Å². The number of fused-ring (bicyclic) bond motifs is 4. The van der Waals surface area contributed by atoms with Crippen molar-refractivity contribution in [3.8, 4) is 0 Å². The SMILES string of the molecule is CC1CCc2cc3c(nc4n3CCCC4)c3c(=O)c(C(=O)O)cn1c23. The highest BCUT2D eigenvalue weighted by Crippen LogP contribution is 2.35. The van der Waals surface area contributed by atoms with E-state index in [0.717, 1.165) is 61.1 Å². The number of carboxylic acids is 1. The number of imidazole rings is 1. The highest BCUT2D eigenvalue weighted by atomic mass is 16.4. The van der Waals surface area contributed by atoms with Crippen LogP contribution in [0, 0.1) is 0 Å². The van der Waals surface area contributed by atoms with Crippen LogP contribution in [0.4, 0.5) is 0 Å². The number of carbonyl (C=O) groups is 1. The Hall–Kier alpha value is -2.63. The van der Waals surface area contributed by atoms with E-state index in [9.17, 15) is 14.7 Å². The maximum absolute atomic E-state index is 13.0. The third kappa shape index (κ3) is 1.88. The van der Waals surface area contributed by atoms with E-state index in [2.05, 4.69) is 17.6 Å². The maximum atomic E-state index is 13.0. The van der Waals surface area contributed by atoms with Gasteiger partial charge in [0.2, 0.25) is 5.43 Å². The molecule has 0 bridgehead atoms. The Morgan fingerprint density at radius 1 is 1.32 bits per heavy atom. The fraction of sp³-hybridized carbons (Fsp3) is 0.421. The highest BCUT2D eigenvalue weighted by molar-refractivity contribution is 6.07. The highest BCUT2D eigenvalue weighted by Gasteiger charge is 2.27. The molecular weight excluding hydrogens is 318 g/mol. The van der Waals surface area contributed by atoms with Crippen molar-refractivity contribution in [1.29, 1.82) is 0 Å². The molecule has 2 aliphatic rings. The van der Waals surface area contributed by atoms with Crippen LogP contribution in [-0.4, -0.2) is 25.2 Å². The number of carboxylic acid groups (broad SMARTS) is 1. The third-order valence-corrected chi connectivity index (χ3v) is 5.74. The van der Waals surface area contributed by atoms with Gasteiger partial charge >= 0.3 is 5.97 Å². The van der Waals surface area contributed by atoms with Gasteiger partial charge in [-0.05, 0) is 44.2 Å². The molecule has 0 fully saturated rings. The van der Waals surface area contributed by atoms with Crippen molar-refractivity contribution in [3.05, 3.63) is 39.4 Å². The molecule has 0 spiro atoms. The van der Waals surface area contributed by atoms with E-state index < -0.39 is 11.4 Å². The van der Waals surface area contributed by atoms with Crippen LogP contribution in [0.5, 0.6) is 0 Å². The van der Waals surface area contributed by atoms with Crippen molar-refractivity contribution in [2.24, 2.45) is 0 Å². The van der Waals surface area contributed by atoms with E-state index in [1.165, 1.54) is 6.20 Å². The fourth-order valence-corrected chi connectivity index (χ4v) is 4.44. The van der Waals surface area contributed by atoms with Crippen LogP contribution in [0.2, 0.25) is 0 Å². The fourth-order valence-electron chi connectivity index (χ4n) is 4.44. The zero-order valence-electron chi connectivity index (χ0n) is 14.1. The first-order chi connectivity index (χ1) is 12.1. The van der Waals surface area contributed by atoms with Crippen molar-refractivity contribution in [2.75, 3.05) is 0 Å². The summed E-state index contributed by atoms with van der Waals surface area (Å²) in [4.78, 5) is 29.4. The average Bonchev–Trinajstić information content (AvgIpc) is 2.97. The van der Waals surface area contributed by atoms with Crippen molar-refractivity contribution < 1.29 is 9.90 Å². The van der Waals surface area contributed by atoms with Gasteiger partial charge in [0.05, 0.1) is 16.4 Å². The van der Waals surface area contributed by atoms with Gasteiger partial charge in [0.1, 0.15) is 16.9 Å². The summed E-state index contributed by atoms with van der Waals surface area (Å²) >= 11 is 0. The van der Waals surface area contributed by atoms with Crippen molar-refractivity contribution in [3.63, 3.8) is 0 Å². The van der Waals surface area contributed by atoms with Crippen LogP contribution in [0.1, 0.15) is 54.0 Å². The van der Waals surface area contributed by atoms with Gasteiger partial charge in [-0.2, -0.15) is 0 Å². The second kappa shape index (κ2) is 4.94. The number of hydrogen-bond donors (Lipinski definition) is 1. The molecule has 0 amide bonds. The second-order valence-electron chi connectivity index (χ2n) is 7.24. The molecule has 1 aromatic carbocycles. The summed E-state index contributed by atoms with van der Waals surface area (Å²) in [5, 5.41) is 10.0. The van der Waals surface area contributed by atoms with Crippen molar-refractivity contribution >= 4 is 27.9 Å². The first-order valence-corrected chi connectivity index (χ1v) is 8.89. The minimum absolute atomic E-state index is 0.161. The Morgan fingerprint density at radius 3 is 2.96 bits per heavy atom. The predicted molar refractivity (Wildman–Crippen MR) is 94.4 cm³/mol. The van der Waals surface area contributed by atoms with Gasteiger partial charge in [-0.1, -0.05) is 0 Å². The number of hydrogen-bond acceptors (Lipinski definition) is 3. The Kier molecular flexibility index (Phi) is 2.90. The monoisotopic (exact) mass is 337 g/mol. The third-order valence-electron chi connectivity index (χ3n) is 5.74. The number of aryl methyl sites for hydroxylation is 3. The molecule has 6 heteroatoms. The minimum atomic E-state index is -1.17. The quantitative estimate of drug-likeness (QED) is 0.741. The van der Waals surface area contributed by atoms with Gasteiger partial charge in [0.25, 0.3) is 0 Å². The van der Waals surface area contributed by atoms with Crippen LogP contribution < -0.4 is 5.43 Å². The van der Waals surface area contributed by atoms with E-state index in [-0.39, 0.29) is 11.6 Å². The molecule has 0 radical (unpaired) electrons. The second-order valence-corrected chi connectivity index (χ2v) is 7.24. The lowest BCUT2D eigenvalue weighted by Crippen LogP contribution is -2.24. The van der Waals surface area contributed by atoms with Gasteiger partial charge in [-0.15, -0.1) is 0 Å². The number of pyridine rings is 1. The lowest BCUT2D eigenvalue weighted by atomic mass is 9.95. The molecule has 2 aromatic heterocycles. The molecule has 1 unspecified atom stereocenters. The molecule has 3 aromatic rings. The zero-order valence-corrected chi connectivity index (χ0v) is 14.1. The van der Waals surface area contributed by atoms with E-state index in [0.29, 0.717) is 10.9 Å². The van der Waals surface area contributed by atoms with Crippen LogP contribution in [0.3, 0.4) is 0 Å². The summed E-state index contributed by atoms with van der Waals surface area (Å²) in [6, 6.07) is 2.34. The van der Waals surface area contributed by atoms with Crippen LogP contribution in [-0.2, 0) is 19.4 Å². The topological polar surface area (TPSA) is 77.1 Å². The van der Waals surface area contributed by atoms with Crippen LogP contribution in [0.15, 0.2) is 17.1 Å². The Balaban J connectivity index is 2.03.